The fourth-order valence-electron chi connectivity index (χ4n) is 7.04. The number of alkyl carbamates (subject to hydrolysis) is 1. The summed E-state index contributed by atoms with van der Waals surface area (Å²) in [7, 11) is -4.54. The number of phosphoric acid groups is 1. The quantitative estimate of drug-likeness (QED) is 0.0326. The lowest BCUT2D eigenvalue weighted by Crippen LogP contribution is -2.67. The molecule has 1 unspecified atom stereocenters. The molecular weight excluding hydrogens is 862 g/mol. The van der Waals surface area contributed by atoms with Gasteiger partial charge in [0, 0.05) is 5.92 Å². The van der Waals surface area contributed by atoms with Crippen molar-refractivity contribution in [1.29, 1.82) is 5.41 Å². The van der Waals surface area contributed by atoms with Crippen LogP contribution in [0.3, 0.4) is 0 Å². The van der Waals surface area contributed by atoms with Crippen LogP contribution in [-0.2, 0) is 66.4 Å². The first-order valence-corrected chi connectivity index (χ1v) is 21.3. The van der Waals surface area contributed by atoms with Crippen LogP contribution < -0.4 is 5.32 Å². The molecule has 2 aliphatic heterocycles. The first kappa shape index (κ1) is 43.6. The molecule has 0 bridgehead atoms. The van der Waals surface area contributed by atoms with E-state index in [2.05, 4.69) is 11.9 Å². The summed E-state index contributed by atoms with van der Waals surface area (Å²) in [4.78, 5) is 27.2. The van der Waals surface area contributed by atoms with Crippen molar-refractivity contribution in [3.63, 3.8) is 0 Å². The average Bonchev–Trinajstić information content (AvgIpc) is 3.46. The zero-order valence-corrected chi connectivity index (χ0v) is 34.9. The van der Waals surface area contributed by atoms with E-state index in [1.165, 1.54) is 6.08 Å². The Morgan fingerprint density at radius 3 is 2.03 bits per heavy atom. The second kappa shape index (κ2) is 19.5. The molecule has 0 radical (unpaired) electrons. The Morgan fingerprint density at radius 1 is 0.817 bits per heavy atom. The van der Waals surface area contributed by atoms with Crippen LogP contribution in [0.25, 0.3) is 11.1 Å². The average molecular weight is 902 g/mol. The summed E-state index contributed by atoms with van der Waals surface area (Å²) < 4.78 is 64.7. The van der Waals surface area contributed by atoms with Gasteiger partial charge >= 0.3 is 20.1 Å². The maximum absolute atomic E-state index is 14.4. The minimum atomic E-state index is -4.54. The van der Waals surface area contributed by atoms with E-state index < -0.39 is 60.4 Å². The lowest BCUT2D eigenvalue weighted by molar-refractivity contribution is -0.250. The maximum atomic E-state index is 14.4. The minimum absolute atomic E-state index is 0.0806. The zero-order chi connectivity index (χ0) is 42.3. The predicted molar refractivity (Wildman–Crippen MR) is 221 cm³/mol. The number of phosphoric ester groups is 1. The van der Waals surface area contributed by atoms with Crippen LogP contribution in [-0.4, -0.2) is 72.4 Å². The lowest BCUT2D eigenvalue weighted by Gasteiger charge is -2.45. The van der Waals surface area contributed by atoms with E-state index in [1.807, 2.05) is 78.9 Å². The molecule has 14 nitrogen and oxygen atoms in total. The summed E-state index contributed by atoms with van der Waals surface area (Å²) in [5.74, 6) is -1.23. The Kier molecular flexibility index (Phi) is 14.2. The summed E-state index contributed by atoms with van der Waals surface area (Å²) in [5.41, 5.74) is 6.14. The molecule has 0 saturated carbocycles. The van der Waals surface area contributed by atoms with Crippen molar-refractivity contribution in [2.75, 3.05) is 19.8 Å². The number of alkyl halides is 3. The van der Waals surface area contributed by atoms with Crippen LogP contribution in [0.4, 0.5) is 9.59 Å². The van der Waals surface area contributed by atoms with Gasteiger partial charge < -0.3 is 33.7 Å². The summed E-state index contributed by atoms with van der Waals surface area (Å²) in [6.45, 7) is 2.64. The Balaban J connectivity index is 1.21. The normalized spacial score (nSPS) is 21.9. The van der Waals surface area contributed by atoms with Gasteiger partial charge in [0.15, 0.2) is 6.10 Å². The summed E-state index contributed by atoms with van der Waals surface area (Å²) >= 11 is 18.1. The highest BCUT2D eigenvalue weighted by Crippen LogP contribution is 2.55. The number of ether oxygens (including phenoxy) is 6. The SMILES string of the molecule is C=CCOC(=O)O[C@H]1[C@H](OP2(=O)OCc3ccccc3CO2)[C@@H](COCc2ccccc2)OC(OC(=N)C(Cl)(Cl)Cl)[C@@H]1NC(=O)OCC1c2ccccc2-c2ccccc21. The predicted octanol–water partition coefficient (Wildman–Crippen LogP) is 9.15. The van der Waals surface area contributed by atoms with E-state index in [4.69, 9.17) is 82.2 Å². The van der Waals surface area contributed by atoms with Gasteiger partial charge in [-0.3, -0.25) is 19.0 Å². The van der Waals surface area contributed by atoms with Crippen molar-refractivity contribution in [3.8, 4) is 11.1 Å². The summed E-state index contributed by atoms with van der Waals surface area (Å²) in [6, 6.07) is 30.3. The fraction of sp³-hybridized carbons (Fsp3) is 0.310. The number of hydrogen-bond donors (Lipinski definition) is 2. The van der Waals surface area contributed by atoms with Gasteiger partial charge in [0.25, 0.3) is 3.79 Å². The third-order valence-electron chi connectivity index (χ3n) is 9.84. The van der Waals surface area contributed by atoms with Gasteiger partial charge in [-0.25, -0.2) is 14.2 Å². The van der Waals surface area contributed by atoms with E-state index in [1.54, 1.807) is 24.3 Å². The highest BCUT2D eigenvalue weighted by Gasteiger charge is 2.55. The molecule has 18 heteroatoms. The van der Waals surface area contributed by atoms with E-state index in [0.717, 1.165) is 27.8 Å². The topological polar surface area (TPSA) is 170 Å². The number of benzene rings is 4. The third kappa shape index (κ3) is 10.5. The summed E-state index contributed by atoms with van der Waals surface area (Å²) in [5, 5.41) is 11.1. The fourth-order valence-corrected chi connectivity index (χ4v) is 8.52. The van der Waals surface area contributed by atoms with Crippen LogP contribution in [0.15, 0.2) is 116 Å². The van der Waals surface area contributed by atoms with Crippen molar-refractivity contribution in [1.82, 2.24) is 5.32 Å². The van der Waals surface area contributed by atoms with Crippen LogP contribution in [0.2, 0.25) is 0 Å². The van der Waals surface area contributed by atoms with Crippen molar-refractivity contribution < 1.29 is 56.1 Å². The number of hydrogen-bond acceptors (Lipinski definition) is 13. The first-order valence-electron chi connectivity index (χ1n) is 18.7. The number of rotatable bonds is 13. The van der Waals surface area contributed by atoms with E-state index in [9.17, 15) is 14.2 Å². The van der Waals surface area contributed by atoms with E-state index in [-0.39, 0.29) is 45.6 Å². The highest BCUT2D eigenvalue weighted by atomic mass is 35.6. The molecule has 1 aliphatic carbocycles. The summed E-state index contributed by atoms with van der Waals surface area (Å²) in [6.07, 6.45) is -7.37. The zero-order valence-electron chi connectivity index (χ0n) is 31.8. The lowest BCUT2D eigenvalue weighted by atomic mass is 9.96. The number of halogens is 3. The molecule has 2 heterocycles. The molecule has 7 rings (SSSR count). The van der Waals surface area contributed by atoms with E-state index in [0.29, 0.717) is 11.1 Å². The molecule has 0 aromatic heterocycles. The molecule has 1 amide bonds. The molecule has 3 aliphatic rings. The molecule has 1 fully saturated rings. The molecule has 316 valence electrons. The molecule has 0 spiro atoms. The number of amides is 1. The van der Waals surface area contributed by atoms with Crippen LogP contribution in [0.1, 0.15) is 33.7 Å². The van der Waals surface area contributed by atoms with Crippen LogP contribution in [0, 0.1) is 5.41 Å². The Hall–Kier alpha value is -4.47. The van der Waals surface area contributed by atoms with E-state index >= 15 is 0 Å². The number of carbonyl (C=O) groups is 2. The first-order chi connectivity index (χ1) is 28.9. The minimum Gasteiger partial charge on any atom is -0.449 e. The van der Waals surface area contributed by atoms with Gasteiger partial charge in [0.2, 0.25) is 12.2 Å². The number of carbonyl (C=O) groups excluding carboxylic acids is 2. The van der Waals surface area contributed by atoms with Crippen molar-refractivity contribution >= 4 is 60.8 Å². The molecular formula is C42H40Cl3N2O12P. The molecule has 1 saturated heterocycles. The monoisotopic (exact) mass is 900 g/mol. The molecule has 60 heavy (non-hydrogen) atoms. The van der Waals surface area contributed by atoms with Gasteiger partial charge in [0.1, 0.15) is 31.5 Å². The van der Waals surface area contributed by atoms with Gasteiger partial charge in [-0.15, -0.1) is 0 Å². The molecule has 4 aromatic rings. The Bertz CT molecular complexity index is 2150. The molecule has 5 atom stereocenters. The smallest absolute Gasteiger partial charge is 0.449 e. The molecule has 4 aromatic carbocycles. The number of fused-ring (bicyclic) bond motifs is 4. The van der Waals surface area contributed by atoms with Crippen LogP contribution >= 0.6 is 42.6 Å². The van der Waals surface area contributed by atoms with Gasteiger partial charge in [-0.1, -0.05) is 151 Å². The highest BCUT2D eigenvalue weighted by molar-refractivity contribution is 7.48. The Morgan fingerprint density at radius 2 is 1.42 bits per heavy atom. The third-order valence-corrected chi connectivity index (χ3v) is 11.7. The standard InChI is InChI=1S/C42H40Cl3N2O12P/c1-2-20-52-41(49)57-37-35(47-40(48)53-24-33-31-18-10-8-16-29(31)30-17-9-11-19-32(30)33)38(58-39(46)42(43,44)45)56-34(25-51-21-26-12-4-3-5-13-26)36(37)59-60(50)54-22-27-14-6-7-15-28(27)23-55-60/h2-19,33-38,46H,1,20-25H2,(H,47,48)/t34-,35-,36-,37-,38?/m1/s1. The van der Waals surface area contributed by atoms with Crippen molar-refractivity contribution in [2.45, 2.75) is 60.2 Å². The van der Waals surface area contributed by atoms with Gasteiger partial charge in [-0.05, 0) is 38.9 Å². The second-order valence-electron chi connectivity index (χ2n) is 13.7. The van der Waals surface area contributed by atoms with Crippen molar-refractivity contribution in [3.05, 3.63) is 144 Å². The van der Waals surface area contributed by atoms with Crippen molar-refractivity contribution in [2.24, 2.45) is 0 Å². The molecule has 2 N–H and O–H groups in total. The number of nitrogens with one attached hydrogen (secondary N) is 2. The second-order valence-corrected chi connectivity index (χ2v) is 17.7. The van der Waals surface area contributed by atoms with Gasteiger partial charge in [-0.2, -0.15) is 0 Å². The Labute approximate surface area is 361 Å². The van der Waals surface area contributed by atoms with Crippen LogP contribution in [0.5, 0.6) is 0 Å². The maximum Gasteiger partial charge on any atom is 0.509 e. The van der Waals surface area contributed by atoms with Gasteiger partial charge in [0.05, 0.1) is 26.4 Å². The largest absolute Gasteiger partial charge is 0.509 e.